The third-order valence-electron chi connectivity index (χ3n) is 2.91. The van der Waals surface area contributed by atoms with Crippen LogP contribution in [0.4, 0.5) is 4.79 Å². The van der Waals surface area contributed by atoms with Crippen LogP contribution in [-0.4, -0.2) is 42.3 Å². The van der Waals surface area contributed by atoms with Gasteiger partial charge in [-0.3, -0.25) is 4.79 Å². The number of allylic oxidation sites excluding steroid dienone is 1. The summed E-state index contributed by atoms with van der Waals surface area (Å²) < 4.78 is 10.1. The predicted octanol–water partition coefficient (Wildman–Crippen LogP) is 2.36. The van der Waals surface area contributed by atoms with Crippen LogP contribution in [0.25, 0.3) is 0 Å². The minimum atomic E-state index is -0.548. The van der Waals surface area contributed by atoms with Crippen molar-refractivity contribution in [2.45, 2.75) is 45.8 Å². The van der Waals surface area contributed by atoms with Crippen LogP contribution in [0.15, 0.2) is 12.2 Å². The zero-order valence-corrected chi connectivity index (χ0v) is 12.3. The van der Waals surface area contributed by atoms with Crippen LogP contribution in [0.2, 0.25) is 0 Å². The zero-order chi connectivity index (χ0) is 14.6. The molecule has 2 atom stereocenters. The van der Waals surface area contributed by atoms with E-state index < -0.39 is 11.7 Å². The molecule has 1 heterocycles. The van der Waals surface area contributed by atoms with Crippen molar-refractivity contribution in [2.24, 2.45) is 5.92 Å². The number of hydrogen-bond donors (Lipinski definition) is 0. The Bertz CT molecular complexity index is 370. The first-order valence-corrected chi connectivity index (χ1v) is 6.48. The van der Waals surface area contributed by atoms with E-state index in [4.69, 9.17) is 9.47 Å². The summed E-state index contributed by atoms with van der Waals surface area (Å²) in [6, 6.07) is -0.0930. The van der Waals surface area contributed by atoms with Gasteiger partial charge in [0.2, 0.25) is 0 Å². The largest absolute Gasteiger partial charge is 0.469 e. The van der Waals surface area contributed by atoms with Crippen LogP contribution in [0.1, 0.15) is 34.1 Å². The summed E-state index contributed by atoms with van der Waals surface area (Å²) in [6.07, 6.45) is 4.00. The van der Waals surface area contributed by atoms with Crippen molar-refractivity contribution in [3.8, 4) is 0 Å². The van der Waals surface area contributed by atoms with Gasteiger partial charge in [-0.05, 0) is 34.1 Å². The summed E-state index contributed by atoms with van der Waals surface area (Å²) in [7, 11) is 1.36. The molecule has 0 fully saturated rings. The molecule has 0 aromatic heterocycles. The number of carbonyl (C=O) groups is 2. The van der Waals surface area contributed by atoms with Gasteiger partial charge in [0.15, 0.2) is 0 Å². The van der Waals surface area contributed by atoms with Gasteiger partial charge in [0.1, 0.15) is 5.60 Å². The summed E-state index contributed by atoms with van der Waals surface area (Å²) in [5, 5.41) is 0. The Morgan fingerprint density at radius 1 is 1.32 bits per heavy atom. The van der Waals surface area contributed by atoms with Crippen molar-refractivity contribution >= 4 is 12.1 Å². The summed E-state index contributed by atoms with van der Waals surface area (Å²) in [5.74, 6) is -0.633. The van der Waals surface area contributed by atoms with Crippen LogP contribution >= 0.6 is 0 Å². The third kappa shape index (κ3) is 4.58. The van der Waals surface area contributed by atoms with Crippen molar-refractivity contribution in [3.05, 3.63) is 12.2 Å². The van der Waals surface area contributed by atoms with Crippen molar-refractivity contribution < 1.29 is 19.1 Å². The first kappa shape index (κ1) is 15.5. The van der Waals surface area contributed by atoms with E-state index in [1.54, 1.807) is 4.90 Å². The van der Waals surface area contributed by atoms with Gasteiger partial charge in [0.25, 0.3) is 0 Å². The van der Waals surface area contributed by atoms with Crippen LogP contribution in [0.3, 0.4) is 0 Å². The average molecular weight is 269 g/mol. The zero-order valence-electron chi connectivity index (χ0n) is 12.3. The number of rotatable bonds is 1. The number of esters is 1. The molecule has 108 valence electrons. The molecule has 1 aliphatic rings. The molecule has 0 unspecified atom stereocenters. The minimum Gasteiger partial charge on any atom is -0.469 e. The molecule has 0 bridgehead atoms. The van der Waals surface area contributed by atoms with Crippen molar-refractivity contribution in [3.63, 3.8) is 0 Å². The van der Waals surface area contributed by atoms with E-state index in [0.717, 1.165) is 0 Å². The van der Waals surface area contributed by atoms with Crippen LogP contribution in [0, 0.1) is 5.92 Å². The lowest BCUT2D eigenvalue weighted by Gasteiger charge is -2.31. The molecule has 0 aliphatic carbocycles. The first-order valence-electron chi connectivity index (χ1n) is 6.48. The molecule has 0 N–H and O–H groups in total. The molecule has 19 heavy (non-hydrogen) atoms. The molecular formula is C14H23NO4. The summed E-state index contributed by atoms with van der Waals surface area (Å²) >= 11 is 0. The highest BCUT2D eigenvalue weighted by Crippen LogP contribution is 2.20. The molecule has 0 radical (unpaired) electrons. The fourth-order valence-corrected chi connectivity index (χ4v) is 1.92. The van der Waals surface area contributed by atoms with E-state index in [2.05, 4.69) is 0 Å². The highest BCUT2D eigenvalue weighted by molar-refractivity contribution is 5.75. The van der Waals surface area contributed by atoms with Gasteiger partial charge in [-0.25, -0.2) is 4.79 Å². The SMILES string of the molecule is COC(=O)[C@@H]1CC=C[C@H](C)N(C(=O)OC(C)(C)C)C1. The number of hydrogen-bond acceptors (Lipinski definition) is 4. The second-order valence-corrected chi connectivity index (χ2v) is 5.76. The number of nitrogens with zero attached hydrogens (tertiary/aromatic N) is 1. The Morgan fingerprint density at radius 3 is 2.47 bits per heavy atom. The minimum absolute atomic E-state index is 0.0930. The Labute approximate surface area is 114 Å². The second-order valence-electron chi connectivity index (χ2n) is 5.76. The Balaban J connectivity index is 2.81. The van der Waals surface area contributed by atoms with Gasteiger partial charge >= 0.3 is 12.1 Å². The molecule has 0 saturated carbocycles. The number of carbonyl (C=O) groups excluding carboxylic acids is 2. The standard InChI is InChI=1S/C14H23NO4/c1-10-7-6-8-11(12(16)18-5)9-15(10)13(17)19-14(2,3)4/h6-7,10-11H,8-9H2,1-5H3/t10-,11+/m0/s1. The molecule has 0 spiro atoms. The van der Waals surface area contributed by atoms with Crippen LogP contribution in [-0.2, 0) is 14.3 Å². The van der Waals surface area contributed by atoms with Gasteiger partial charge in [-0.1, -0.05) is 12.2 Å². The smallest absolute Gasteiger partial charge is 0.410 e. The summed E-state index contributed by atoms with van der Waals surface area (Å²) in [4.78, 5) is 25.4. The Morgan fingerprint density at radius 2 is 1.95 bits per heavy atom. The topological polar surface area (TPSA) is 55.8 Å². The van der Waals surface area contributed by atoms with Crippen LogP contribution in [0.5, 0.6) is 0 Å². The normalized spacial score (nSPS) is 23.7. The molecule has 1 aliphatic heterocycles. The van der Waals surface area contributed by atoms with Gasteiger partial charge in [0.05, 0.1) is 19.1 Å². The van der Waals surface area contributed by atoms with Crippen molar-refractivity contribution in [1.82, 2.24) is 4.90 Å². The van der Waals surface area contributed by atoms with E-state index >= 15 is 0 Å². The third-order valence-corrected chi connectivity index (χ3v) is 2.91. The molecule has 1 rings (SSSR count). The summed E-state index contributed by atoms with van der Waals surface area (Å²) in [6.45, 7) is 7.68. The van der Waals surface area contributed by atoms with Gasteiger partial charge < -0.3 is 14.4 Å². The highest BCUT2D eigenvalue weighted by atomic mass is 16.6. The highest BCUT2D eigenvalue weighted by Gasteiger charge is 2.31. The lowest BCUT2D eigenvalue weighted by atomic mass is 10.1. The van der Waals surface area contributed by atoms with E-state index in [-0.39, 0.29) is 17.9 Å². The lowest BCUT2D eigenvalue weighted by Crippen LogP contribution is -2.44. The van der Waals surface area contributed by atoms with E-state index in [1.165, 1.54) is 7.11 Å². The fraction of sp³-hybridized carbons (Fsp3) is 0.714. The van der Waals surface area contributed by atoms with E-state index in [0.29, 0.717) is 13.0 Å². The predicted molar refractivity (Wildman–Crippen MR) is 71.7 cm³/mol. The van der Waals surface area contributed by atoms with Crippen molar-refractivity contribution in [1.29, 1.82) is 0 Å². The number of methoxy groups -OCH3 is 1. The Kier molecular flexibility index (Phi) is 4.97. The molecule has 5 heteroatoms. The van der Waals surface area contributed by atoms with Crippen molar-refractivity contribution in [2.75, 3.05) is 13.7 Å². The quantitative estimate of drug-likeness (QED) is 0.541. The van der Waals surface area contributed by atoms with E-state index in [9.17, 15) is 9.59 Å². The molecular weight excluding hydrogens is 246 g/mol. The van der Waals surface area contributed by atoms with Crippen LogP contribution < -0.4 is 0 Å². The first-order chi connectivity index (χ1) is 8.74. The molecule has 0 aromatic rings. The lowest BCUT2D eigenvalue weighted by molar-refractivity contribution is -0.145. The number of amides is 1. The molecule has 5 nitrogen and oxygen atoms in total. The fourth-order valence-electron chi connectivity index (χ4n) is 1.92. The maximum atomic E-state index is 12.2. The average Bonchev–Trinajstić information content (AvgIpc) is 2.48. The molecule has 1 amide bonds. The maximum Gasteiger partial charge on any atom is 0.410 e. The second kappa shape index (κ2) is 6.08. The maximum absolute atomic E-state index is 12.2. The molecule has 0 aromatic carbocycles. The van der Waals surface area contributed by atoms with Gasteiger partial charge in [0, 0.05) is 6.54 Å². The molecule has 0 saturated heterocycles. The monoisotopic (exact) mass is 269 g/mol. The summed E-state index contributed by atoms with van der Waals surface area (Å²) in [5.41, 5.74) is -0.548. The number of ether oxygens (including phenoxy) is 2. The van der Waals surface area contributed by atoms with Gasteiger partial charge in [-0.2, -0.15) is 0 Å². The Hall–Kier alpha value is -1.52. The van der Waals surface area contributed by atoms with E-state index in [1.807, 2.05) is 39.8 Å². The van der Waals surface area contributed by atoms with Gasteiger partial charge in [-0.15, -0.1) is 0 Å².